The summed E-state index contributed by atoms with van der Waals surface area (Å²) < 4.78 is 14.5. The van der Waals surface area contributed by atoms with Gasteiger partial charge >= 0.3 is 0 Å². The molecule has 3 nitrogen and oxygen atoms in total. The lowest BCUT2D eigenvalue weighted by Gasteiger charge is -2.04. The van der Waals surface area contributed by atoms with Crippen molar-refractivity contribution < 1.29 is 9.18 Å². The van der Waals surface area contributed by atoms with Gasteiger partial charge < -0.3 is 0 Å². The lowest BCUT2D eigenvalue weighted by molar-refractivity contribution is 0.0966. The van der Waals surface area contributed by atoms with Crippen LogP contribution < -0.4 is 0 Å². The number of aromatic nitrogens is 2. The fraction of sp³-hybridized carbons (Fsp3) is 0.286. The third-order valence-electron chi connectivity index (χ3n) is 3.20. The van der Waals surface area contributed by atoms with Gasteiger partial charge in [0, 0.05) is 11.3 Å². The summed E-state index contributed by atoms with van der Waals surface area (Å²) in [5.41, 5.74) is 3.52. The summed E-state index contributed by atoms with van der Waals surface area (Å²) in [5.74, 6) is -0.408. The van der Waals surface area contributed by atoms with Crippen LogP contribution in [0.5, 0.6) is 0 Å². The molecule has 1 aromatic carbocycles. The first kappa shape index (κ1) is 12.5. The number of hydrogen-bond acceptors (Lipinski definition) is 2. The summed E-state index contributed by atoms with van der Waals surface area (Å²) in [5, 5.41) is 4.31. The third kappa shape index (κ3) is 2.32. The van der Waals surface area contributed by atoms with E-state index >= 15 is 0 Å². The molecule has 0 aliphatic carbocycles. The van der Waals surface area contributed by atoms with Gasteiger partial charge in [0.1, 0.15) is 12.4 Å². The Bertz CT molecular complexity index is 585. The molecule has 94 valence electrons. The largest absolute Gasteiger partial charge is 0.292 e. The second-order valence-electron chi connectivity index (χ2n) is 4.38. The predicted molar refractivity (Wildman–Crippen MR) is 67.2 cm³/mol. The van der Waals surface area contributed by atoms with Gasteiger partial charge in [0.2, 0.25) is 0 Å². The lowest BCUT2D eigenvalue weighted by Crippen LogP contribution is -2.13. The first-order valence-electron chi connectivity index (χ1n) is 5.78. The molecule has 0 saturated heterocycles. The zero-order valence-corrected chi connectivity index (χ0v) is 10.7. The van der Waals surface area contributed by atoms with Crippen LogP contribution in [-0.2, 0) is 6.54 Å². The fourth-order valence-electron chi connectivity index (χ4n) is 1.80. The molecule has 0 fully saturated rings. The minimum Gasteiger partial charge on any atom is -0.292 e. The van der Waals surface area contributed by atoms with E-state index < -0.39 is 0 Å². The van der Waals surface area contributed by atoms with Crippen molar-refractivity contribution in [1.82, 2.24) is 9.78 Å². The Morgan fingerprint density at radius 1 is 1.22 bits per heavy atom. The molecule has 0 aliphatic heterocycles. The van der Waals surface area contributed by atoms with Crippen LogP contribution in [0.3, 0.4) is 0 Å². The molecular weight excluding hydrogens is 231 g/mol. The third-order valence-corrected chi connectivity index (χ3v) is 3.20. The average Bonchev–Trinajstić information content (AvgIpc) is 2.58. The molecule has 1 heterocycles. The summed E-state index contributed by atoms with van der Waals surface area (Å²) in [6.45, 7) is 6.02. The Labute approximate surface area is 105 Å². The van der Waals surface area contributed by atoms with Gasteiger partial charge in [0.15, 0.2) is 5.78 Å². The molecule has 2 rings (SSSR count). The molecule has 4 heteroatoms. The summed E-state index contributed by atoms with van der Waals surface area (Å²) in [6.07, 6.45) is 0. The predicted octanol–water partition coefficient (Wildman–Crippen LogP) is 2.83. The quantitative estimate of drug-likeness (QED) is 0.780. The van der Waals surface area contributed by atoms with Crippen molar-refractivity contribution in [2.75, 3.05) is 0 Å². The molecule has 2 aromatic rings. The normalized spacial score (nSPS) is 10.7. The van der Waals surface area contributed by atoms with Crippen LogP contribution in [0, 0.1) is 26.6 Å². The summed E-state index contributed by atoms with van der Waals surface area (Å²) in [6, 6.07) is 5.58. The van der Waals surface area contributed by atoms with Crippen LogP contribution in [-0.4, -0.2) is 15.6 Å². The summed E-state index contributed by atoms with van der Waals surface area (Å²) in [4.78, 5) is 12.0. The van der Waals surface area contributed by atoms with E-state index in [1.165, 1.54) is 24.3 Å². The molecule has 0 atom stereocenters. The van der Waals surface area contributed by atoms with Crippen molar-refractivity contribution in [3.63, 3.8) is 0 Å². The highest BCUT2D eigenvalue weighted by molar-refractivity contribution is 5.95. The number of benzene rings is 1. The molecule has 1 aromatic heterocycles. The SMILES string of the molecule is Cc1nn(CC(=O)c2ccc(F)cc2)c(C)c1C. The molecule has 0 bridgehead atoms. The maximum atomic E-state index is 12.8. The number of nitrogens with zero attached hydrogens (tertiary/aromatic N) is 2. The number of rotatable bonds is 3. The number of Topliss-reactive ketones (excluding diaryl/α,β-unsaturated/α-hetero) is 1. The Morgan fingerprint density at radius 2 is 1.83 bits per heavy atom. The Balaban J connectivity index is 2.21. The molecule has 0 amide bonds. The highest BCUT2D eigenvalue weighted by atomic mass is 19.1. The molecule has 0 spiro atoms. The van der Waals surface area contributed by atoms with Crippen LogP contribution in [0.15, 0.2) is 24.3 Å². The molecule has 0 aliphatic rings. The maximum absolute atomic E-state index is 12.8. The highest BCUT2D eigenvalue weighted by Crippen LogP contribution is 2.12. The number of carbonyl (C=O) groups excluding carboxylic acids is 1. The van der Waals surface area contributed by atoms with Crippen molar-refractivity contribution in [2.45, 2.75) is 27.3 Å². The Hall–Kier alpha value is -1.97. The van der Waals surface area contributed by atoms with E-state index in [0.29, 0.717) is 5.56 Å². The van der Waals surface area contributed by atoms with Crippen molar-refractivity contribution in [2.24, 2.45) is 0 Å². The van der Waals surface area contributed by atoms with Crippen LogP contribution in [0.4, 0.5) is 4.39 Å². The van der Waals surface area contributed by atoms with E-state index in [-0.39, 0.29) is 18.1 Å². The number of aryl methyl sites for hydroxylation is 1. The van der Waals surface area contributed by atoms with Crippen molar-refractivity contribution in [3.05, 3.63) is 52.6 Å². The number of halogens is 1. The van der Waals surface area contributed by atoms with E-state index in [1.54, 1.807) is 4.68 Å². The first-order chi connectivity index (χ1) is 8.49. The summed E-state index contributed by atoms with van der Waals surface area (Å²) in [7, 11) is 0. The van der Waals surface area contributed by atoms with Crippen molar-refractivity contribution in [3.8, 4) is 0 Å². The Morgan fingerprint density at radius 3 is 2.33 bits per heavy atom. The molecular formula is C14H15FN2O. The lowest BCUT2D eigenvalue weighted by atomic mass is 10.1. The van der Waals surface area contributed by atoms with Crippen molar-refractivity contribution >= 4 is 5.78 Å². The van der Waals surface area contributed by atoms with Crippen LogP contribution in [0.25, 0.3) is 0 Å². The van der Waals surface area contributed by atoms with Gasteiger partial charge in [-0.1, -0.05) is 0 Å². The summed E-state index contributed by atoms with van der Waals surface area (Å²) >= 11 is 0. The van der Waals surface area contributed by atoms with Gasteiger partial charge in [-0.05, 0) is 50.6 Å². The minimum atomic E-state index is -0.339. The fourth-order valence-corrected chi connectivity index (χ4v) is 1.80. The first-order valence-corrected chi connectivity index (χ1v) is 5.78. The van der Waals surface area contributed by atoms with E-state index in [0.717, 1.165) is 17.0 Å². The zero-order valence-electron chi connectivity index (χ0n) is 10.7. The smallest absolute Gasteiger partial charge is 0.184 e. The second-order valence-corrected chi connectivity index (χ2v) is 4.38. The van der Waals surface area contributed by atoms with E-state index in [1.807, 2.05) is 20.8 Å². The van der Waals surface area contributed by atoms with Gasteiger partial charge in [-0.2, -0.15) is 5.10 Å². The molecule has 0 saturated carbocycles. The minimum absolute atomic E-state index is 0.0689. The van der Waals surface area contributed by atoms with Gasteiger partial charge in [-0.25, -0.2) is 4.39 Å². The second kappa shape index (κ2) is 4.72. The van der Waals surface area contributed by atoms with Gasteiger partial charge in [0.05, 0.1) is 5.69 Å². The topological polar surface area (TPSA) is 34.9 Å². The molecule has 0 radical (unpaired) electrons. The Kier molecular flexibility index (Phi) is 3.28. The molecule has 18 heavy (non-hydrogen) atoms. The van der Waals surface area contributed by atoms with Crippen LogP contribution >= 0.6 is 0 Å². The van der Waals surface area contributed by atoms with Gasteiger partial charge in [-0.15, -0.1) is 0 Å². The van der Waals surface area contributed by atoms with E-state index in [9.17, 15) is 9.18 Å². The number of carbonyl (C=O) groups is 1. The van der Waals surface area contributed by atoms with Crippen LogP contribution in [0.2, 0.25) is 0 Å². The molecule has 0 N–H and O–H groups in total. The monoisotopic (exact) mass is 246 g/mol. The number of ketones is 1. The standard InChI is InChI=1S/C14H15FN2O/c1-9-10(2)16-17(11(9)3)8-14(18)12-4-6-13(15)7-5-12/h4-7H,8H2,1-3H3. The number of hydrogen-bond donors (Lipinski definition) is 0. The zero-order chi connectivity index (χ0) is 13.3. The van der Waals surface area contributed by atoms with Gasteiger partial charge in [-0.3, -0.25) is 9.48 Å². The molecule has 0 unspecified atom stereocenters. The van der Waals surface area contributed by atoms with Gasteiger partial charge in [0.25, 0.3) is 0 Å². The average molecular weight is 246 g/mol. The van der Waals surface area contributed by atoms with E-state index in [4.69, 9.17) is 0 Å². The van der Waals surface area contributed by atoms with Crippen molar-refractivity contribution in [1.29, 1.82) is 0 Å². The van der Waals surface area contributed by atoms with Crippen LogP contribution in [0.1, 0.15) is 27.3 Å². The van der Waals surface area contributed by atoms with E-state index in [2.05, 4.69) is 5.10 Å². The highest BCUT2D eigenvalue weighted by Gasteiger charge is 2.12. The maximum Gasteiger partial charge on any atom is 0.184 e.